The molecule has 6 heteroatoms. The zero-order valence-electron chi connectivity index (χ0n) is 23.0. The highest BCUT2D eigenvalue weighted by Gasteiger charge is 2.71. The van der Waals surface area contributed by atoms with Gasteiger partial charge in [-0.1, -0.05) is 121 Å². The van der Waals surface area contributed by atoms with Crippen molar-refractivity contribution in [1.29, 1.82) is 0 Å². The van der Waals surface area contributed by atoms with Crippen molar-refractivity contribution >= 4 is 23.3 Å². The third kappa shape index (κ3) is 3.46. The van der Waals surface area contributed by atoms with Crippen LogP contribution in [0, 0.1) is 0 Å². The van der Waals surface area contributed by atoms with E-state index in [1.807, 2.05) is 97.1 Å². The van der Waals surface area contributed by atoms with Crippen LogP contribution in [-0.4, -0.2) is 26.2 Å². The SMILES string of the molecule is COC(=O)C1=C(C(=O)OC)C2(c3ccccc3)OC1(c1ccccc1)c1c(-c3ccccc3)sc(-c3ccccc3)c12. The number of fused-ring (bicyclic) bond motifs is 5. The molecular weight excluding hydrogens is 544 g/mol. The fraction of sp³-hybridized carbons (Fsp3) is 0.111. The zero-order chi connectivity index (χ0) is 28.9. The summed E-state index contributed by atoms with van der Waals surface area (Å²) >= 11 is 1.63. The van der Waals surface area contributed by atoms with Gasteiger partial charge in [-0.05, 0) is 22.3 Å². The van der Waals surface area contributed by atoms with E-state index in [4.69, 9.17) is 14.2 Å². The minimum Gasteiger partial charge on any atom is -0.466 e. The molecule has 7 rings (SSSR count). The van der Waals surface area contributed by atoms with Crippen molar-refractivity contribution in [3.05, 3.63) is 155 Å². The number of esters is 2. The standard InChI is InChI=1S/C36H26O5S/c1-39-33(37)29-30(34(38)40-2)36(26-21-13-6-14-22-26)28-27(35(29,41-36)25-19-11-5-12-20-25)31(23-15-7-3-8-16-23)42-32(28)24-17-9-4-10-18-24/h3-22H,1-2H3. The van der Waals surface area contributed by atoms with E-state index in [1.165, 1.54) is 14.2 Å². The van der Waals surface area contributed by atoms with Gasteiger partial charge in [-0.3, -0.25) is 0 Å². The summed E-state index contributed by atoms with van der Waals surface area (Å²) in [5, 5.41) is 0. The van der Waals surface area contributed by atoms with Crippen LogP contribution in [0.2, 0.25) is 0 Å². The lowest BCUT2D eigenvalue weighted by Crippen LogP contribution is -2.35. The van der Waals surface area contributed by atoms with Crippen molar-refractivity contribution < 1.29 is 23.8 Å². The minimum absolute atomic E-state index is 0.133. The van der Waals surface area contributed by atoms with Crippen LogP contribution in [0.5, 0.6) is 0 Å². The number of ether oxygens (including phenoxy) is 3. The molecule has 2 aliphatic rings. The lowest BCUT2D eigenvalue weighted by molar-refractivity contribution is -0.139. The molecule has 42 heavy (non-hydrogen) atoms. The van der Waals surface area contributed by atoms with Crippen molar-refractivity contribution in [3.63, 3.8) is 0 Å². The Morgan fingerprint density at radius 1 is 0.548 bits per heavy atom. The second-order valence-electron chi connectivity index (χ2n) is 10.2. The molecule has 206 valence electrons. The van der Waals surface area contributed by atoms with E-state index < -0.39 is 23.1 Å². The van der Waals surface area contributed by atoms with Crippen molar-refractivity contribution in [3.8, 4) is 20.9 Å². The Kier molecular flexibility index (Phi) is 6.19. The second-order valence-corrected chi connectivity index (χ2v) is 11.2. The number of rotatable bonds is 6. The van der Waals surface area contributed by atoms with Gasteiger partial charge in [-0.15, -0.1) is 11.3 Å². The van der Waals surface area contributed by atoms with Gasteiger partial charge in [0.05, 0.1) is 25.4 Å². The van der Waals surface area contributed by atoms with Crippen LogP contribution in [0.3, 0.4) is 0 Å². The first kappa shape index (κ1) is 26.1. The summed E-state index contributed by atoms with van der Waals surface area (Å²) in [5.74, 6) is -1.29. The third-order valence-corrected chi connectivity index (χ3v) is 9.37. The number of methoxy groups -OCH3 is 2. The molecule has 0 N–H and O–H groups in total. The van der Waals surface area contributed by atoms with Crippen molar-refractivity contribution in [2.75, 3.05) is 14.2 Å². The molecule has 0 amide bonds. The van der Waals surface area contributed by atoms with E-state index in [9.17, 15) is 9.59 Å². The number of carbonyl (C=O) groups is 2. The summed E-state index contributed by atoms with van der Waals surface area (Å²) in [6.45, 7) is 0. The molecule has 0 aliphatic carbocycles. The van der Waals surface area contributed by atoms with Gasteiger partial charge in [-0.25, -0.2) is 9.59 Å². The molecule has 0 saturated carbocycles. The number of thiophene rings is 1. The number of benzene rings is 4. The van der Waals surface area contributed by atoms with Crippen LogP contribution in [0.25, 0.3) is 20.9 Å². The molecular formula is C36H26O5S. The molecule has 2 atom stereocenters. The number of hydrogen-bond donors (Lipinski definition) is 0. The lowest BCUT2D eigenvalue weighted by atomic mass is 9.67. The number of carbonyl (C=O) groups excluding carboxylic acids is 2. The molecule has 0 fully saturated rings. The van der Waals surface area contributed by atoms with Gasteiger partial charge < -0.3 is 14.2 Å². The van der Waals surface area contributed by atoms with Gasteiger partial charge in [0, 0.05) is 20.9 Å². The average Bonchev–Trinajstić information content (AvgIpc) is 3.72. The van der Waals surface area contributed by atoms with E-state index in [1.54, 1.807) is 11.3 Å². The van der Waals surface area contributed by atoms with E-state index in [2.05, 4.69) is 24.3 Å². The first-order chi connectivity index (χ1) is 20.6. The maximum absolute atomic E-state index is 14.0. The van der Waals surface area contributed by atoms with Crippen LogP contribution in [0.15, 0.2) is 132 Å². The Balaban J connectivity index is 1.74. The molecule has 2 bridgehead atoms. The summed E-state index contributed by atoms with van der Waals surface area (Å²) in [5.41, 5.74) is 2.45. The summed E-state index contributed by atoms with van der Waals surface area (Å²) in [7, 11) is 2.65. The highest BCUT2D eigenvalue weighted by Crippen LogP contribution is 2.71. The molecule has 0 saturated heterocycles. The maximum atomic E-state index is 14.0. The van der Waals surface area contributed by atoms with Gasteiger partial charge >= 0.3 is 11.9 Å². The Morgan fingerprint density at radius 3 is 1.21 bits per heavy atom. The molecule has 4 aromatic carbocycles. The highest BCUT2D eigenvalue weighted by molar-refractivity contribution is 7.19. The molecule has 5 aromatic rings. The zero-order valence-corrected chi connectivity index (χ0v) is 23.8. The first-order valence-corrected chi connectivity index (χ1v) is 14.4. The van der Waals surface area contributed by atoms with Gasteiger partial charge in [0.2, 0.25) is 0 Å². The van der Waals surface area contributed by atoms with Crippen LogP contribution >= 0.6 is 11.3 Å². The Bertz CT molecular complexity index is 1710. The molecule has 0 spiro atoms. The van der Waals surface area contributed by atoms with Crippen molar-refractivity contribution in [2.45, 2.75) is 11.2 Å². The van der Waals surface area contributed by atoms with E-state index in [0.29, 0.717) is 0 Å². The average molecular weight is 571 g/mol. The van der Waals surface area contributed by atoms with E-state index >= 15 is 0 Å². The molecule has 2 aliphatic heterocycles. The molecule has 3 heterocycles. The molecule has 5 nitrogen and oxygen atoms in total. The van der Waals surface area contributed by atoms with Gasteiger partial charge in [-0.2, -0.15) is 0 Å². The van der Waals surface area contributed by atoms with Gasteiger partial charge in [0.1, 0.15) is 0 Å². The normalized spacial score (nSPS) is 20.3. The first-order valence-electron chi connectivity index (χ1n) is 13.6. The molecule has 2 unspecified atom stereocenters. The molecule has 1 aromatic heterocycles. The second kappa shape index (κ2) is 9.94. The van der Waals surface area contributed by atoms with Crippen LogP contribution in [0.1, 0.15) is 22.3 Å². The predicted octanol–water partition coefficient (Wildman–Crippen LogP) is 7.26. The monoisotopic (exact) mass is 570 g/mol. The lowest BCUT2D eigenvalue weighted by Gasteiger charge is -2.30. The topological polar surface area (TPSA) is 61.8 Å². The number of hydrogen-bond acceptors (Lipinski definition) is 6. The summed E-state index contributed by atoms with van der Waals surface area (Å²) in [4.78, 5) is 29.8. The van der Waals surface area contributed by atoms with Crippen molar-refractivity contribution in [2.24, 2.45) is 0 Å². The summed E-state index contributed by atoms with van der Waals surface area (Å²) < 4.78 is 18.2. The summed E-state index contributed by atoms with van der Waals surface area (Å²) in [6.07, 6.45) is 0. The predicted molar refractivity (Wildman–Crippen MR) is 162 cm³/mol. The third-order valence-electron chi connectivity index (χ3n) is 8.08. The van der Waals surface area contributed by atoms with Gasteiger partial charge in [0.25, 0.3) is 0 Å². The Morgan fingerprint density at radius 2 is 0.881 bits per heavy atom. The van der Waals surface area contributed by atoms with E-state index in [-0.39, 0.29) is 11.1 Å². The summed E-state index contributed by atoms with van der Waals surface area (Å²) in [6, 6.07) is 39.4. The quantitative estimate of drug-likeness (QED) is 0.201. The Hall–Kier alpha value is -4.78. The fourth-order valence-electron chi connectivity index (χ4n) is 6.46. The smallest absolute Gasteiger partial charge is 0.338 e. The largest absolute Gasteiger partial charge is 0.466 e. The van der Waals surface area contributed by atoms with Crippen LogP contribution in [0.4, 0.5) is 0 Å². The minimum atomic E-state index is -1.45. The van der Waals surface area contributed by atoms with Gasteiger partial charge in [0.15, 0.2) is 11.2 Å². The maximum Gasteiger partial charge on any atom is 0.338 e. The highest BCUT2D eigenvalue weighted by atomic mass is 32.1. The van der Waals surface area contributed by atoms with Crippen LogP contribution < -0.4 is 0 Å². The van der Waals surface area contributed by atoms with Crippen LogP contribution in [-0.2, 0) is 35.0 Å². The Labute approximate surface area is 247 Å². The molecule has 0 radical (unpaired) electrons. The fourth-order valence-corrected chi connectivity index (χ4v) is 7.87. The van der Waals surface area contributed by atoms with Crippen molar-refractivity contribution in [1.82, 2.24) is 0 Å². The van der Waals surface area contributed by atoms with E-state index in [0.717, 1.165) is 43.1 Å².